The first-order valence-electron chi connectivity index (χ1n) is 6.87. The topological polar surface area (TPSA) is 35.2 Å². The van der Waals surface area contributed by atoms with Crippen molar-refractivity contribution in [3.8, 4) is 17.6 Å². The van der Waals surface area contributed by atoms with Gasteiger partial charge in [0.2, 0.25) is 0 Å². The average molecular weight is 283 g/mol. The van der Waals surface area contributed by atoms with E-state index in [1.165, 1.54) is 30.4 Å². The molecular formula is C17H17NOS. The zero-order valence-corrected chi connectivity index (χ0v) is 12.1. The molecule has 1 aromatic carbocycles. The summed E-state index contributed by atoms with van der Waals surface area (Å²) in [5, 5.41) is 2.04. The first-order chi connectivity index (χ1) is 9.86. The minimum Gasteiger partial charge on any atom is -0.488 e. The van der Waals surface area contributed by atoms with E-state index in [9.17, 15) is 0 Å². The first kappa shape index (κ1) is 13.2. The molecule has 0 aliphatic heterocycles. The Hall–Kier alpha value is -1.76. The van der Waals surface area contributed by atoms with Crippen molar-refractivity contribution < 1.29 is 4.74 Å². The Bertz CT molecular complexity index is 663. The minimum absolute atomic E-state index is 0.390. The van der Waals surface area contributed by atoms with Crippen molar-refractivity contribution in [2.75, 3.05) is 6.54 Å². The van der Waals surface area contributed by atoms with Crippen LogP contribution in [0.3, 0.4) is 0 Å². The molecule has 3 rings (SSSR count). The van der Waals surface area contributed by atoms with Crippen LogP contribution in [0.15, 0.2) is 29.6 Å². The summed E-state index contributed by atoms with van der Waals surface area (Å²) in [6.45, 7) is 0.964. The van der Waals surface area contributed by atoms with E-state index in [2.05, 4.69) is 30.0 Å². The number of aryl methyl sites for hydroxylation is 2. The van der Waals surface area contributed by atoms with E-state index in [-0.39, 0.29) is 0 Å². The van der Waals surface area contributed by atoms with Gasteiger partial charge < -0.3 is 10.5 Å². The monoisotopic (exact) mass is 283 g/mol. The standard InChI is InChI=1S/C17H17NOS/c18-9-2-5-14-8-10-20-17(14)12-19-16-7-6-13-3-1-4-15(13)11-16/h6-8,10-11H,1,3-4,9,12,18H2. The molecule has 0 fully saturated rings. The van der Waals surface area contributed by atoms with Crippen LogP contribution in [0.25, 0.3) is 0 Å². The summed E-state index contributed by atoms with van der Waals surface area (Å²) in [4.78, 5) is 1.16. The van der Waals surface area contributed by atoms with Gasteiger partial charge in [-0.3, -0.25) is 0 Å². The molecule has 1 aliphatic carbocycles. The molecular weight excluding hydrogens is 266 g/mol. The fraction of sp³-hybridized carbons (Fsp3) is 0.294. The molecule has 0 saturated carbocycles. The van der Waals surface area contributed by atoms with Crippen molar-refractivity contribution in [2.45, 2.75) is 25.9 Å². The van der Waals surface area contributed by atoms with Gasteiger partial charge in [0.15, 0.2) is 0 Å². The number of benzene rings is 1. The van der Waals surface area contributed by atoms with Crippen molar-refractivity contribution in [3.63, 3.8) is 0 Å². The van der Waals surface area contributed by atoms with Crippen molar-refractivity contribution in [1.29, 1.82) is 0 Å². The zero-order valence-electron chi connectivity index (χ0n) is 11.3. The smallest absolute Gasteiger partial charge is 0.124 e. The molecule has 0 atom stereocenters. The lowest BCUT2D eigenvalue weighted by Gasteiger charge is -2.07. The Labute approximate surface area is 123 Å². The Kier molecular flexibility index (Phi) is 4.05. The van der Waals surface area contributed by atoms with E-state index in [1.807, 2.05) is 11.4 Å². The molecule has 0 bridgehead atoms. The van der Waals surface area contributed by atoms with E-state index < -0.39 is 0 Å². The van der Waals surface area contributed by atoms with Gasteiger partial charge in [-0.05, 0) is 54.0 Å². The summed E-state index contributed by atoms with van der Waals surface area (Å²) in [7, 11) is 0. The second-order valence-electron chi connectivity index (χ2n) is 4.84. The highest BCUT2D eigenvalue weighted by molar-refractivity contribution is 7.10. The maximum atomic E-state index is 5.91. The Morgan fingerprint density at radius 1 is 1.20 bits per heavy atom. The van der Waals surface area contributed by atoms with E-state index in [1.54, 1.807) is 11.3 Å². The summed E-state index contributed by atoms with van der Waals surface area (Å²) in [6.07, 6.45) is 3.65. The largest absolute Gasteiger partial charge is 0.488 e. The van der Waals surface area contributed by atoms with Gasteiger partial charge in [-0.15, -0.1) is 11.3 Å². The highest BCUT2D eigenvalue weighted by Crippen LogP contribution is 2.27. The normalized spacial score (nSPS) is 12.7. The quantitative estimate of drug-likeness (QED) is 0.878. The van der Waals surface area contributed by atoms with Gasteiger partial charge in [-0.2, -0.15) is 0 Å². The zero-order chi connectivity index (χ0) is 13.8. The van der Waals surface area contributed by atoms with E-state index in [0.717, 1.165) is 16.2 Å². The van der Waals surface area contributed by atoms with E-state index >= 15 is 0 Å². The number of rotatable bonds is 3. The molecule has 1 aliphatic rings. The van der Waals surface area contributed by atoms with Gasteiger partial charge in [0, 0.05) is 5.56 Å². The Balaban J connectivity index is 1.69. The fourth-order valence-electron chi connectivity index (χ4n) is 2.50. The van der Waals surface area contributed by atoms with Crippen LogP contribution in [-0.2, 0) is 19.4 Å². The SMILES string of the molecule is NCC#Cc1ccsc1COc1ccc2c(c1)CCC2. The highest BCUT2D eigenvalue weighted by atomic mass is 32.1. The van der Waals surface area contributed by atoms with Crippen molar-refractivity contribution in [2.24, 2.45) is 5.73 Å². The van der Waals surface area contributed by atoms with Crippen LogP contribution < -0.4 is 10.5 Å². The van der Waals surface area contributed by atoms with E-state index in [0.29, 0.717) is 13.2 Å². The van der Waals surface area contributed by atoms with Crippen LogP contribution in [0, 0.1) is 11.8 Å². The third-order valence-electron chi connectivity index (χ3n) is 3.51. The fourth-order valence-corrected chi connectivity index (χ4v) is 3.24. The molecule has 2 aromatic rings. The van der Waals surface area contributed by atoms with Gasteiger partial charge in [0.1, 0.15) is 12.4 Å². The third kappa shape index (κ3) is 2.87. The lowest BCUT2D eigenvalue weighted by atomic mass is 10.1. The molecule has 2 N–H and O–H groups in total. The van der Waals surface area contributed by atoms with E-state index in [4.69, 9.17) is 10.5 Å². The predicted octanol–water partition coefficient (Wildman–Crippen LogP) is 3.13. The molecule has 0 unspecified atom stereocenters. The molecule has 0 amide bonds. The maximum Gasteiger partial charge on any atom is 0.124 e. The molecule has 1 aromatic heterocycles. The van der Waals surface area contributed by atoms with Gasteiger partial charge in [-0.25, -0.2) is 0 Å². The van der Waals surface area contributed by atoms with Gasteiger partial charge in [0.25, 0.3) is 0 Å². The lowest BCUT2D eigenvalue weighted by molar-refractivity contribution is 0.309. The summed E-state index contributed by atoms with van der Waals surface area (Å²) < 4.78 is 5.91. The number of hydrogen-bond acceptors (Lipinski definition) is 3. The summed E-state index contributed by atoms with van der Waals surface area (Å²) in [5.41, 5.74) is 9.36. The summed E-state index contributed by atoms with van der Waals surface area (Å²) >= 11 is 1.68. The Morgan fingerprint density at radius 2 is 2.10 bits per heavy atom. The van der Waals surface area contributed by atoms with Gasteiger partial charge in [0.05, 0.1) is 11.4 Å². The minimum atomic E-state index is 0.390. The molecule has 0 saturated heterocycles. The summed E-state index contributed by atoms with van der Waals surface area (Å²) in [5.74, 6) is 6.93. The van der Waals surface area contributed by atoms with Crippen molar-refractivity contribution >= 4 is 11.3 Å². The van der Waals surface area contributed by atoms with Crippen LogP contribution in [0.5, 0.6) is 5.75 Å². The lowest BCUT2D eigenvalue weighted by Crippen LogP contribution is -1.97. The predicted molar refractivity (Wildman–Crippen MR) is 83.1 cm³/mol. The Morgan fingerprint density at radius 3 is 3.00 bits per heavy atom. The molecule has 2 nitrogen and oxygen atoms in total. The molecule has 102 valence electrons. The number of nitrogens with two attached hydrogens (primary N) is 1. The second kappa shape index (κ2) is 6.13. The van der Waals surface area contributed by atoms with Crippen LogP contribution in [0.1, 0.15) is 28.0 Å². The van der Waals surface area contributed by atoms with Crippen LogP contribution >= 0.6 is 11.3 Å². The number of hydrogen-bond donors (Lipinski definition) is 1. The molecule has 0 radical (unpaired) electrons. The van der Waals surface area contributed by atoms with Crippen molar-refractivity contribution in [1.82, 2.24) is 0 Å². The molecule has 20 heavy (non-hydrogen) atoms. The molecule has 3 heteroatoms. The van der Waals surface area contributed by atoms with Gasteiger partial charge in [-0.1, -0.05) is 17.9 Å². The molecule has 1 heterocycles. The van der Waals surface area contributed by atoms with Crippen LogP contribution in [0.4, 0.5) is 0 Å². The van der Waals surface area contributed by atoms with Crippen molar-refractivity contribution in [3.05, 3.63) is 51.2 Å². The maximum absolute atomic E-state index is 5.91. The number of thiophene rings is 1. The summed E-state index contributed by atoms with van der Waals surface area (Å²) in [6, 6.07) is 8.47. The number of ether oxygens (including phenoxy) is 1. The van der Waals surface area contributed by atoms with Crippen LogP contribution in [0.2, 0.25) is 0 Å². The highest BCUT2D eigenvalue weighted by Gasteiger charge is 2.11. The number of fused-ring (bicyclic) bond motifs is 1. The van der Waals surface area contributed by atoms with Crippen LogP contribution in [-0.4, -0.2) is 6.54 Å². The second-order valence-corrected chi connectivity index (χ2v) is 5.84. The third-order valence-corrected chi connectivity index (χ3v) is 4.40. The van der Waals surface area contributed by atoms with Gasteiger partial charge >= 0.3 is 0 Å². The first-order valence-corrected chi connectivity index (χ1v) is 7.74. The average Bonchev–Trinajstić information content (AvgIpc) is 3.11. The molecule has 0 spiro atoms.